The summed E-state index contributed by atoms with van der Waals surface area (Å²) in [7, 11) is -3.85. The first-order valence-corrected chi connectivity index (χ1v) is 8.90. The maximum absolute atomic E-state index is 12.8. The van der Waals surface area contributed by atoms with Crippen molar-refractivity contribution in [3.05, 3.63) is 28.7 Å². The number of carboxylic acid groups (broad SMARTS) is 1. The molecule has 1 fully saturated rings. The summed E-state index contributed by atoms with van der Waals surface area (Å²) in [6.07, 6.45) is 1.34. The van der Waals surface area contributed by atoms with Gasteiger partial charge in [-0.25, -0.2) is 8.42 Å². The summed E-state index contributed by atoms with van der Waals surface area (Å²) in [5.41, 5.74) is -0.599. The lowest BCUT2D eigenvalue weighted by atomic mass is 9.77. The molecule has 1 aliphatic rings. The molecule has 1 N–H and O–H groups in total. The van der Waals surface area contributed by atoms with Crippen molar-refractivity contribution in [3.8, 4) is 0 Å². The zero-order valence-corrected chi connectivity index (χ0v) is 14.3. The number of hydrogen-bond donors (Lipinski definition) is 1. The van der Waals surface area contributed by atoms with Crippen LogP contribution in [0.15, 0.2) is 33.6 Å². The van der Waals surface area contributed by atoms with Crippen LogP contribution in [0.2, 0.25) is 0 Å². The number of benzene rings is 1. The highest BCUT2D eigenvalue weighted by Crippen LogP contribution is 2.39. The molecule has 7 heteroatoms. The van der Waals surface area contributed by atoms with E-state index in [4.69, 9.17) is 0 Å². The molecule has 5 nitrogen and oxygen atoms in total. The fraction of sp³-hybridized carbons (Fsp3) is 0.500. The van der Waals surface area contributed by atoms with Gasteiger partial charge in [-0.1, -0.05) is 26.0 Å². The molecule has 0 amide bonds. The van der Waals surface area contributed by atoms with E-state index in [1.807, 2.05) is 0 Å². The third kappa shape index (κ3) is 3.00. The Balaban J connectivity index is 2.52. The van der Waals surface area contributed by atoms with Gasteiger partial charge in [-0.2, -0.15) is 4.31 Å². The maximum Gasteiger partial charge on any atom is 0.322 e. The van der Waals surface area contributed by atoms with Gasteiger partial charge in [-0.15, -0.1) is 0 Å². The van der Waals surface area contributed by atoms with Crippen LogP contribution in [0, 0.1) is 5.41 Å². The van der Waals surface area contributed by atoms with E-state index in [1.165, 1.54) is 6.07 Å². The van der Waals surface area contributed by atoms with Crippen molar-refractivity contribution < 1.29 is 18.3 Å². The number of nitrogens with zero attached hydrogens (tertiary/aromatic N) is 1. The summed E-state index contributed by atoms with van der Waals surface area (Å²) in [4.78, 5) is 11.7. The Morgan fingerprint density at radius 2 is 2.00 bits per heavy atom. The van der Waals surface area contributed by atoms with Crippen LogP contribution >= 0.6 is 15.9 Å². The SMILES string of the molecule is CC1(C)CCCN(S(=O)(=O)c2ccccc2Br)C1C(=O)O. The van der Waals surface area contributed by atoms with Crippen molar-refractivity contribution in [2.24, 2.45) is 5.41 Å². The van der Waals surface area contributed by atoms with E-state index in [0.29, 0.717) is 17.3 Å². The number of hydrogen-bond acceptors (Lipinski definition) is 3. The summed E-state index contributed by atoms with van der Waals surface area (Å²) in [5, 5.41) is 9.51. The zero-order valence-electron chi connectivity index (χ0n) is 11.9. The second kappa shape index (κ2) is 5.70. The molecule has 1 unspecified atom stereocenters. The molecule has 1 aromatic carbocycles. The molecule has 1 aliphatic heterocycles. The maximum atomic E-state index is 12.8. The fourth-order valence-corrected chi connectivity index (χ4v) is 5.58. The molecular formula is C14H18BrNO4S. The minimum atomic E-state index is -3.85. The molecule has 0 aromatic heterocycles. The van der Waals surface area contributed by atoms with Crippen molar-refractivity contribution in [2.45, 2.75) is 37.6 Å². The highest BCUT2D eigenvalue weighted by atomic mass is 79.9. The summed E-state index contributed by atoms with van der Waals surface area (Å²) in [5.74, 6) is -1.10. The van der Waals surface area contributed by atoms with Crippen LogP contribution < -0.4 is 0 Å². The molecule has 0 saturated carbocycles. The molecule has 21 heavy (non-hydrogen) atoms. The van der Waals surface area contributed by atoms with Crippen LogP contribution in [-0.2, 0) is 14.8 Å². The molecular weight excluding hydrogens is 358 g/mol. The number of sulfonamides is 1. The predicted molar refractivity (Wildman–Crippen MR) is 82.5 cm³/mol. The van der Waals surface area contributed by atoms with E-state index >= 15 is 0 Å². The number of carboxylic acids is 1. The molecule has 0 radical (unpaired) electrons. The second-order valence-electron chi connectivity index (χ2n) is 5.88. The molecule has 0 bridgehead atoms. The smallest absolute Gasteiger partial charge is 0.322 e. The first-order valence-electron chi connectivity index (χ1n) is 6.67. The van der Waals surface area contributed by atoms with Crippen LogP contribution in [0.3, 0.4) is 0 Å². The second-order valence-corrected chi connectivity index (χ2v) is 8.59. The summed E-state index contributed by atoms with van der Waals surface area (Å²) >= 11 is 3.23. The monoisotopic (exact) mass is 375 g/mol. The highest BCUT2D eigenvalue weighted by Gasteiger charge is 2.47. The van der Waals surface area contributed by atoms with E-state index in [1.54, 1.807) is 32.0 Å². The summed E-state index contributed by atoms with van der Waals surface area (Å²) < 4.78 is 27.3. The van der Waals surface area contributed by atoms with Gasteiger partial charge >= 0.3 is 5.97 Å². The lowest BCUT2D eigenvalue weighted by Gasteiger charge is -2.43. The van der Waals surface area contributed by atoms with Gasteiger partial charge in [0.05, 0.1) is 4.90 Å². The first-order chi connectivity index (χ1) is 9.68. The Morgan fingerprint density at radius 3 is 2.57 bits per heavy atom. The first kappa shape index (κ1) is 16.5. The zero-order chi connectivity index (χ0) is 15.8. The molecule has 1 atom stereocenters. The Hall–Kier alpha value is -0.920. The topological polar surface area (TPSA) is 74.7 Å². The summed E-state index contributed by atoms with van der Waals surface area (Å²) in [6.45, 7) is 3.82. The van der Waals surface area contributed by atoms with E-state index in [9.17, 15) is 18.3 Å². The number of piperidine rings is 1. The third-order valence-corrected chi connectivity index (χ3v) is 6.76. The molecule has 116 valence electrons. The average Bonchev–Trinajstić information content (AvgIpc) is 2.37. The third-order valence-electron chi connectivity index (χ3n) is 3.89. The summed E-state index contributed by atoms with van der Waals surface area (Å²) in [6, 6.07) is 5.42. The Bertz CT molecular complexity index is 657. The van der Waals surface area contributed by atoms with Crippen LogP contribution in [0.1, 0.15) is 26.7 Å². The van der Waals surface area contributed by atoms with Gasteiger partial charge < -0.3 is 5.11 Å². The van der Waals surface area contributed by atoms with Crippen molar-refractivity contribution in [1.82, 2.24) is 4.31 Å². The van der Waals surface area contributed by atoms with Crippen molar-refractivity contribution in [3.63, 3.8) is 0 Å². The fourth-order valence-electron chi connectivity index (χ4n) is 2.84. The van der Waals surface area contributed by atoms with Gasteiger partial charge in [0.2, 0.25) is 10.0 Å². The van der Waals surface area contributed by atoms with Gasteiger partial charge in [0.1, 0.15) is 6.04 Å². The number of aliphatic carboxylic acids is 1. The lowest BCUT2D eigenvalue weighted by molar-refractivity contribution is -0.147. The van der Waals surface area contributed by atoms with E-state index in [0.717, 1.165) is 4.31 Å². The van der Waals surface area contributed by atoms with Crippen LogP contribution in [0.5, 0.6) is 0 Å². The molecule has 1 aromatic rings. The minimum absolute atomic E-state index is 0.106. The van der Waals surface area contributed by atoms with Crippen molar-refractivity contribution >= 4 is 31.9 Å². The van der Waals surface area contributed by atoms with Crippen LogP contribution in [0.25, 0.3) is 0 Å². The van der Waals surface area contributed by atoms with Gasteiger partial charge in [0.15, 0.2) is 0 Å². The highest BCUT2D eigenvalue weighted by molar-refractivity contribution is 9.10. The molecule has 0 aliphatic carbocycles. The van der Waals surface area contributed by atoms with Crippen molar-refractivity contribution in [2.75, 3.05) is 6.54 Å². The molecule has 2 rings (SSSR count). The standard InChI is InChI=1S/C14H18BrNO4S/c1-14(2)8-5-9-16(12(14)13(17)18)21(19,20)11-7-4-3-6-10(11)15/h3-4,6-7,12H,5,8-9H2,1-2H3,(H,17,18). The molecule has 0 spiro atoms. The van der Waals surface area contributed by atoms with E-state index < -0.39 is 27.4 Å². The Morgan fingerprint density at radius 1 is 1.38 bits per heavy atom. The van der Waals surface area contributed by atoms with Gasteiger partial charge in [0, 0.05) is 11.0 Å². The largest absolute Gasteiger partial charge is 0.480 e. The lowest BCUT2D eigenvalue weighted by Crippen LogP contribution is -2.56. The van der Waals surface area contributed by atoms with Gasteiger partial charge in [-0.3, -0.25) is 4.79 Å². The van der Waals surface area contributed by atoms with Gasteiger partial charge in [0.25, 0.3) is 0 Å². The van der Waals surface area contributed by atoms with Gasteiger partial charge in [-0.05, 0) is 46.3 Å². The van der Waals surface area contributed by atoms with Crippen LogP contribution in [-0.4, -0.2) is 36.4 Å². The number of halogens is 1. The Labute approximate surface area is 133 Å². The number of carbonyl (C=O) groups is 1. The number of rotatable bonds is 3. The van der Waals surface area contributed by atoms with Crippen LogP contribution in [0.4, 0.5) is 0 Å². The quantitative estimate of drug-likeness (QED) is 0.880. The van der Waals surface area contributed by atoms with Crippen molar-refractivity contribution in [1.29, 1.82) is 0 Å². The average molecular weight is 376 g/mol. The molecule has 1 saturated heterocycles. The normalized spacial score (nSPS) is 22.9. The minimum Gasteiger partial charge on any atom is -0.480 e. The van der Waals surface area contributed by atoms with E-state index in [2.05, 4.69) is 15.9 Å². The van der Waals surface area contributed by atoms with E-state index in [-0.39, 0.29) is 11.4 Å². The predicted octanol–water partition coefficient (Wildman–Crippen LogP) is 2.71. The molecule has 1 heterocycles. The Kier molecular flexibility index (Phi) is 4.46.